The van der Waals surface area contributed by atoms with Gasteiger partial charge in [-0.3, -0.25) is 4.79 Å². The van der Waals surface area contributed by atoms with Crippen molar-refractivity contribution in [2.45, 2.75) is 25.8 Å². The number of piperidine rings is 1. The molecule has 1 amide bonds. The van der Waals surface area contributed by atoms with E-state index < -0.39 is 0 Å². The van der Waals surface area contributed by atoms with E-state index in [-0.39, 0.29) is 5.91 Å². The average Bonchev–Trinajstić information content (AvgIpc) is 3.08. The Balaban J connectivity index is 1.56. The quantitative estimate of drug-likeness (QED) is 0.779. The molecule has 0 unspecified atom stereocenters. The number of aromatic nitrogens is 2. The molecule has 1 aliphatic rings. The zero-order chi connectivity index (χ0) is 17.2. The van der Waals surface area contributed by atoms with Crippen LogP contribution in [0, 0.1) is 0 Å². The second-order valence-corrected chi connectivity index (χ2v) is 7.37. The number of nitrogens with zero attached hydrogens (tertiary/aromatic N) is 3. The molecule has 0 spiro atoms. The van der Waals surface area contributed by atoms with Crippen LogP contribution in [0.1, 0.15) is 19.8 Å². The largest absolute Gasteiger partial charge is 0.367 e. The van der Waals surface area contributed by atoms with Gasteiger partial charge in [0.05, 0.1) is 5.39 Å². The maximum atomic E-state index is 11.5. The van der Waals surface area contributed by atoms with Gasteiger partial charge in [0, 0.05) is 30.9 Å². The van der Waals surface area contributed by atoms with Crippen molar-refractivity contribution in [3.8, 4) is 10.4 Å². The highest BCUT2D eigenvalue weighted by atomic mass is 32.1. The van der Waals surface area contributed by atoms with Crippen LogP contribution in [0.2, 0.25) is 0 Å². The molecule has 3 aromatic rings. The van der Waals surface area contributed by atoms with E-state index >= 15 is 0 Å². The zero-order valence-corrected chi connectivity index (χ0v) is 14.9. The van der Waals surface area contributed by atoms with Gasteiger partial charge in [-0.25, -0.2) is 9.97 Å². The van der Waals surface area contributed by atoms with E-state index in [1.54, 1.807) is 24.6 Å². The van der Waals surface area contributed by atoms with Crippen LogP contribution in [-0.4, -0.2) is 39.9 Å². The highest BCUT2D eigenvalue weighted by Gasteiger charge is 2.21. The lowest BCUT2D eigenvalue weighted by Crippen LogP contribution is -2.41. The molecule has 1 aromatic carbocycles. The Labute approximate surface area is 150 Å². The van der Waals surface area contributed by atoms with Gasteiger partial charge < -0.3 is 10.2 Å². The summed E-state index contributed by atoms with van der Waals surface area (Å²) in [6.45, 7) is 3.25. The number of fused-ring (bicyclic) bond motifs is 1. The number of hydrogen-bond acceptors (Lipinski definition) is 5. The highest BCUT2D eigenvalue weighted by Crippen LogP contribution is 2.35. The van der Waals surface area contributed by atoms with Gasteiger partial charge in [-0.05, 0) is 24.5 Å². The Bertz CT molecular complexity index is 885. The van der Waals surface area contributed by atoms with Crippen LogP contribution in [0.5, 0.6) is 0 Å². The van der Waals surface area contributed by atoms with Crippen LogP contribution in [0.4, 0.5) is 5.82 Å². The summed E-state index contributed by atoms with van der Waals surface area (Å²) in [5, 5.41) is 4.64. The molecule has 4 rings (SSSR count). The van der Waals surface area contributed by atoms with Crippen LogP contribution in [0.3, 0.4) is 0 Å². The predicted molar refractivity (Wildman–Crippen MR) is 102 cm³/mol. The first-order valence-corrected chi connectivity index (χ1v) is 9.34. The van der Waals surface area contributed by atoms with Crippen LogP contribution >= 0.6 is 11.3 Å². The van der Waals surface area contributed by atoms with Crippen LogP contribution in [-0.2, 0) is 4.79 Å². The van der Waals surface area contributed by atoms with Gasteiger partial charge in [-0.1, -0.05) is 30.3 Å². The third kappa shape index (κ3) is 3.35. The molecular weight excluding hydrogens is 332 g/mol. The molecule has 1 saturated heterocycles. The molecule has 3 heterocycles. The van der Waals surface area contributed by atoms with Crippen LogP contribution in [0.25, 0.3) is 20.7 Å². The first kappa shape index (κ1) is 16.0. The molecule has 5 nitrogen and oxygen atoms in total. The molecule has 2 aromatic heterocycles. The maximum Gasteiger partial charge on any atom is 0.219 e. The summed E-state index contributed by atoms with van der Waals surface area (Å²) in [7, 11) is 0. The lowest BCUT2D eigenvalue weighted by Gasteiger charge is -2.32. The van der Waals surface area contributed by atoms with Crippen molar-refractivity contribution < 1.29 is 4.79 Å². The van der Waals surface area contributed by atoms with Gasteiger partial charge >= 0.3 is 0 Å². The normalized spacial score (nSPS) is 15.5. The zero-order valence-electron chi connectivity index (χ0n) is 14.1. The standard InChI is InChI=1S/C19H20N4OS/c1-13(24)23-9-7-15(8-10-23)22-18-16-11-17(14-5-3-2-4-6-14)25-19(16)21-12-20-18/h2-6,11-12,15H,7-10H2,1H3,(H,20,21,22). The van der Waals surface area contributed by atoms with E-state index in [0.29, 0.717) is 6.04 Å². The number of benzene rings is 1. The summed E-state index contributed by atoms with van der Waals surface area (Å²) in [5.74, 6) is 1.05. The Morgan fingerprint density at radius 1 is 1.20 bits per heavy atom. The van der Waals surface area contributed by atoms with Crippen molar-refractivity contribution >= 4 is 33.3 Å². The highest BCUT2D eigenvalue weighted by molar-refractivity contribution is 7.21. The Hall–Kier alpha value is -2.47. The molecule has 25 heavy (non-hydrogen) atoms. The third-order valence-electron chi connectivity index (χ3n) is 4.67. The Morgan fingerprint density at radius 2 is 1.96 bits per heavy atom. The lowest BCUT2D eigenvalue weighted by atomic mass is 10.0. The number of likely N-dealkylation sites (tertiary alicyclic amines) is 1. The van der Waals surface area contributed by atoms with E-state index in [4.69, 9.17) is 0 Å². The fourth-order valence-corrected chi connectivity index (χ4v) is 4.25. The first-order valence-electron chi connectivity index (χ1n) is 8.53. The number of thiophene rings is 1. The number of hydrogen-bond donors (Lipinski definition) is 1. The van der Waals surface area contributed by atoms with Crippen LogP contribution in [0.15, 0.2) is 42.7 Å². The maximum absolute atomic E-state index is 11.5. The molecule has 0 radical (unpaired) electrons. The van der Waals surface area contributed by atoms with Crippen molar-refractivity contribution in [3.05, 3.63) is 42.7 Å². The molecule has 1 aliphatic heterocycles. The minimum Gasteiger partial charge on any atom is -0.367 e. The molecule has 0 saturated carbocycles. The molecule has 1 fully saturated rings. The summed E-state index contributed by atoms with van der Waals surface area (Å²) < 4.78 is 0. The molecule has 0 bridgehead atoms. The second-order valence-electron chi connectivity index (χ2n) is 6.34. The summed E-state index contributed by atoms with van der Waals surface area (Å²) in [6.07, 6.45) is 3.52. The van der Waals surface area contributed by atoms with Gasteiger partial charge in [0.2, 0.25) is 5.91 Å². The van der Waals surface area contributed by atoms with Gasteiger partial charge in [0.15, 0.2) is 0 Å². The number of carbonyl (C=O) groups is 1. The van der Waals surface area contributed by atoms with Gasteiger partial charge in [0.1, 0.15) is 17.0 Å². The fraction of sp³-hybridized carbons (Fsp3) is 0.316. The van der Waals surface area contributed by atoms with E-state index in [2.05, 4.69) is 33.5 Å². The summed E-state index contributed by atoms with van der Waals surface area (Å²) in [6, 6.07) is 12.9. The fourth-order valence-electron chi connectivity index (χ4n) is 3.25. The monoisotopic (exact) mass is 352 g/mol. The Kier molecular flexibility index (Phi) is 4.36. The van der Waals surface area contributed by atoms with Gasteiger partial charge in [0.25, 0.3) is 0 Å². The van der Waals surface area contributed by atoms with E-state index in [0.717, 1.165) is 42.0 Å². The SMILES string of the molecule is CC(=O)N1CCC(Nc2ncnc3sc(-c4ccccc4)cc23)CC1. The molecule has 1 N–H and O–H groups in total. The number of rotatable bonds is 3. The topological polar surface area (TPSA) is 58.1 Å². The smallest absolute Gasteiger partial charge is 0.219 e. The minimum absolute atomic E-state index is 0.160. The van der Waals surface area contributed by atoms with Gasteiger partial charge in [-0.15, -0.1) is 11.3 Å². The van der Waals surface area contributed by atoms with E-state index in [1.807, 2.05) is 23.1 Å². The predicted octanol–water partition coefficient (Wildman–Crippen LogP) is 3.78. The second kappa shape index (κ2) is 6.80. The first-order chi connectivity index (χ1) is 12.2. The average molecular weight is 352 g/mol. The Morgan fingerprint density at radius 3 is 2.68 bits per heavy atom. The number of carbonyl (C=O) groups excluding carboxylic acids is 1. The summed E-state index contributed by atoms with van der Waals surface area (Å²) in [5.41, 5.74) is 1.20. The van der Waals surface area contributed by atoms with Crippen LogP contribution < -0.4 is 5.32 Å². The molecule has 128 valence electrons. The van der Waals surface area contributed by atoms with Crippen molar-refractivity contribution in [2.75, 3.05) is 18.4 Å². The lowest BCUT2D eigenvalue weighted by molar-refractivity contribution is -0.129. The summed E-state index contributed by atoms with van der Waals surface area (Å²) >= 11 is 1.69. The number of nitrogens with one attached hydrogen (secondary N) is 1. The van der Waals surface area contributed by atoms with Gasteiger partial charge in [-0.2, -0.15) is 0 Å². The van der Waals surface area contributed by atoms with Crippen molar-refractivity contribution in [2.24, 2.45) is 0 Å². The van der Waals surface area contributed by atoms with E-state index in [1.165, 1.54) is 10.4 Å². The van der Waals surface area contributed by atoms with E-state index in [9.17, 15) is 4.79 Å². The van der Waals surface area contributed by atoms with Crippen molar-refractivity contribution in [1.29, 1.82) is 0 Å². The summed E-state index contributed by atoms with van der Waals surface area (Å²) in [4.78, 5) is 24.5. The third-order valence-corrected chi connectivity index (χ3v) is 5.76. The molecule has 0 aliphatic carbocycles. The minimum atomic E-state index is 0.160. The molecule has 6 heteroatoms. The number of amides is 1. The number of anilines is 1. The molecule has 0 atom stereocenters. The molecular formula is C19H20N4OS. The van der Waals surface area contributed by atoms with Crippen molar-refractivity contribution in [1.82, 2.24) is 14.9 Å². The van der Waals surface area contributed by atoms with Crippen molar-refractivity contribution in [3.63, 3.8) is 0 Å².